The van der Waals surface area contributed by atoms with E-state index in [1.807, 2.05) is 18.0 Å². The van der Waals surface area contributed by atoms with Crippen LogP contribution in [0.15, 0.2) is 48.7 Å². The number of carbonyl (C=O) groups excluding carboxylic acids is 1. The van der Waals surface area contributed by atoms with Crippen molar-refractivity contribution >= 4 is 45.0 Å². The van der Waals surface area contributed by atoms with Gasteiger partial charge in [-0.1, -0.05) is 41.9 Å². The predicted molar refractivity (Wildman–Crippen MR) is 183 cm³/mol. The highest BCUT2D eigenvalue weighted by Gasteiger charge is 2.49. The Hall–Kier alpha value is -4.00. The molecule has 4 aromatic rings. The van der Waals surface area contributed by atoms with Crippen molar-refractivity contribution in [2.75, 3.05) is 51.3 Å². The fraction of sp³-hybridized carbons (Fsp3) is 0.444. The second-order valence-electron chi connectivity index (χ2n) is 13.7. The number of carbonyl (C=O) groups is 1. The van der Waals surface area contributed by atoms with Crippen molar-refractivity contribution in [2.45, 2.75) is 55.9 Å². The van der Waals surface area contributed by atoms with Gasteiger partial charge in [-0.2, -0.15) is 9.97 Å². The number of nitrogens with zero attached hydrogens (tertiary/aromatic N) is 6. The minimum absolute atomic E-state index is 0.0150. The van der Waals surface area contributed by atoms with Crippen LogP contribution in [0.1, 0.15) is 32.1 Å². The first kappa shape index (κ1) is 32.2. The highest BCUT2D eigenvalue weighted by molar-refractivity contribution is 6.36. The molecule has 4 aliphatic heterocycles. The van der Waals surface area contributed by atoms with Gasteiger partial charge >= 0.3 is 6.01 Å². The van der Waals surface area contributed by atoms with E-state index in [-0.39, 0.29) is 46.8 Å². The number of amides is 1. The standard InChI is InChI=1S/C36H37ClF3N7O2/c1-45(24-11-15-46(19-24)28(48)9-7-23-10-13-41-23)34-26-17-42-32(25-5-2-4-21-6-8-27(39)30(37)29(21)25)31(40)33(26)43-35(44-34)49-20-36-12-3-14-47(36)18-22(38)16-36/h2,4-9,17,22-24,41H,3,10-16,18-20H2,1H3/b9-7+/t22-,23-,24-,36+/m1/s1. The number of benzene rings is 2. The van der Waals surface area contributed by atoms with Crippen LogP contribution in [0, 0.1) is 11.6 Å². The van der Waals surface area contributed by atoms with Gasteiger partial charge in [-0.3, -0.25) is 14.7 Å². The molecule has 9 nitrogen and oxygen atoms in total. The fourth-order valence-corrected chi connectivity index (χ4v) is 8.18. The molecule has 0 bridgehead atoms. The van der Waals surface area contributed by atoms with Gasteiger partial charge in [0.05, 0.1) is 15.9 Å². The number of likely N-dealkylation sites (N-methyl/N-ethyl adjacent to an activating group) is 1. The molecule has 0 aliphatic carbocycles. The molecule has 0 spiro atoms. The molecular weight excluding hydrogens is 655 g/mol. The Morgan fingerprint density at radius 2 is 2.04 bits per heavy atom. The summed E-state index contributed by atoms with van der Waals surface area (Å²) < 4.78 is 52.2. The van der Waals surface area contributed by atoms with Crippen molar-refractivity contribution in [3.63, 3.8) is 0 Å². The van der Waals surface area contributed by atoms with Gasteiger partial charge in [-0.15, -0.1) is 0 Å². The van der Waals surface area contributed by atoms with Crippen molar-refractivity contribution in [3.05, 3.63) is 65.3 Å². The number of aromatic nitrogens is 3. The molecule has 0 unspecified atom stereocenters. The van der Waals surface area contributed by atoms with Gasteiger partial charge in [0, 0.05) is 68.4 Å². The molecule has 4 saturated heterocycles. The number of alkyl halides is 1. The monoisotopic (exact) mass is 691 g/mol. The summed E-state index contributed by atoms with van der Waals surface area (Å²) in [6.07, 6.45) is 7.95. The molecule has 4 fully saturated rings. The first-order valence-electron chi connectivity index (χ1n) is 16.9. The third kappa shape index (κ3) is 5.77. The van der Waals surface area contributed by atoms with Crippen LogP contribution in [0.5, 0.6) is 6.01 Å². The van der Waals surface area contributed by atoms with E-state index in [4.69, 9.17) is 21.3 Å². The number of pyridine rings is 1. The zero-order valence-electron chi connectivity index (χ0n) is 27.1. The second kappa shape index (κ2) is 12.7. The highest BCUT2D eigenvalue weighted by atomic mass is 35.5. The van der Waals surface area contributed by atoms with Crippen LogP contribution >= 0.6 is 11.6 Å². The Kier molecular flexibility index (Phi) is 8.36. The average Bonchev–Trinajstić information content (AvgIpc) is 3.79. The van der Waals surface area contributed by atoms with E-state index in [1.54, 1.807) is 35.2 Å². The van der Waals surface area contributed by atoms with Crippen LogP contribution in [0.4, 0.5) is 19.0 Å². The van der Waals surface area contributed by atoms with E-state index >= 15 is 4.39 Å². The zero-order chi connectivity index (χ0) is 33.9. The second-order valence-corrected chi connectivity index (χ2v) is 14.1. The number of hydrogen-bond acceptors (Lipinski definition) is 8. The molecule has 0 saturated carbocycles. The molecule has 1 amide bonds. The van der Waals surface area contributed by atoms with Crippen LogP contribution in [0.3, 0.4) is 0 Å². The summed E-state index contributed by atoms with van der Waals surface area (Å²) in [6, 6.07) is 8.13. The summed E-state index contributed by atoms with van der Waals surface area (Å²) in [4.78, 5) is 32.7. The summed E-state index contributed by atoms with van der Waals surface area (Å²) in [7, 11) is 1.86. The van der Waals surface area contributed by atoms with Gasteiger partial charge in [-0.25, -0.2) is 13.2 Å². The molecule has 1 N–H and O–H groups in total. The molecule has 256 valence electrons. The number of hydrogen-bond donors (Lipinski definition) is 1. The molecule has 13 heteroatoms. The minimum Gasteiger partial charge on any atom is -0.461 e. The van der Waals surface area contributed by atoms with Crippen molar-refractivity contribution in [1.82, 2.24) is 30.1 Å². The van der Waals surface area contributed by atoms with Gasteiger partial charge in [0.25, 0.3) is 0 Å². The number of likely N-dealkylation sites (tertiary alicyclic amines) is 1. The Balaban J connectivity index is 1.17. The summed E-state index contributed by atoms with van der Waals surface area (Å²) in [5.74, 6) is -0.988. The zero-order valence-corrected chi connectivity index (χ0v) is 27.9. The van der Waals surface area contributed by atoms with E-state index in [2.05, 4.69) is 20.2 Å². The van der Waals surface area contributed by atoms with Crippen molar-refractivity contribution < 1.29 is 22.7 Å². The summed E-state index contributed by atoms with van der Waals surface area (Å²) >= 11 is 6.41. The fourth-order valence-electron chi connectivity index (χ4n) is 7.91. The van der Waals surface area contributed by atoms with Gasteiger partial charge in [0.1, 0.15) is 35.6 Å². The molecule has 6 heterocycles. The largest absolute Gasteiger partial charge is 0.461 e. The number of halogens is 4. The Bertz CT molecular complexity index is 1980. The third-order valence-electron chi connectivity index (χ3n) is 10.8. The lowest BCUT2D eigenvalue weighted by molar-refractivity contribution is -0.125. The van der Waals surface area contributed by atoms with Gasteiger partial charge < -0.3 is 19.9 Å². The maximum Gasteiger partial charge on any atom is 0.319 e. The summed E-state index contributed by atoms with van der Waals surface area (Å²) in [5.41, 5.74) is -0.178. The van der Waals surface area contributed by atoms with E-state index in [0.29, 0.717) is 60.0 Å². The number of anilines is 1. The normalized spacial score (nSPS) is 25.4. The van der Waals surface area contributed by atoms with E-state index in [1.165, 1.54) is 12.3 Å². The highest BCUT2D eigenvalue weighted by Crippen LogP contribution is 2.41. The smallest absolute Gasteiger partial charge is 0.319 e. The van der Waals surface area contributed by atoms with Crippen LogP contribution in [-0.4, -0.2) is 101 Å². The lowest BCUT2D eigenvalue weighted by Gasteiger charge is -2.31. The Morgan fingerprint density at radius 1 is 1.18 bits per heavy atom. The number of nitrogens with one attached hydrogen (secondary N) is 1. The molecular formula is C36H37ClF3N7O2. The number of rotatable bonds is 8. The van der Waals surface area contributed by atoms with Crippen molar-refractivity contribution in [2.24, 2.45) is 0 Å². The molecule has 0 radical (unpaired) electrons. The minimum atomic E-state index is -0.931. The van der Waals surface area contributed by atoms with E-state index in [9.17, 15) is 13.6 Å². The van der Waals surface area contributed by atoms with Crippen LogP contribution in [-0.2, 0) is 4.79 Å². The molecule has 8 rings (SSSR count). The molecule has 49 heavy (non-hydrogen) atoms. The maximum absolute atomic E-state index is 16.8. The Morgan fingerprint density at radius 3 is 2.86 bits per heavy atom. The van der Waals surface area contributed by atoms with E-state index in [0.717, 1.165) is 32.4 Å². The SMILES string of the molecule is CN(c1nc(OC[C@@]23CCCN2C[C@H](F)C3)nc2c(F)c(-c3cccc4ccc(F)c(Cl)c34)ncc12)[C@@H]1CCN(C(=O)/C=C/[C@@H]2CCN2)C1. The summed E-state index contributed by atoms with van der Waals surface area (Å²) in [6.45, 7) is 3.34. The molecule has 4 aliphatic rings. The molecule has 2 aromatic heterocycles. The van der Waals surface area contributed by atoms with E-state index < -0.39 is 23.3 Å². The lowest BCUT2D eigenvalue weighted by Crippen LogP contribution is -2.43. The van der Waals surface area contributed by atoms with Crippen LogP contribution in [0.2, 0.25) is 5.02 Å². The topological polar surface area (TPSA) is 86.7 Å². The van der Waals surface area contributed by atoms with Crippen LogP contribution < -0.4 is 15.0 Å². The Labute approximate surface area is 287 Å². The first-order chi connectivity index (χ1) is 23.7. The average molecular weight is 692 g/mol. The maximum atomic E-state index is 16.8. The summed E-state index contributed by atoms with van der Waals surface area (Å²) in [5, 5.41) is 4.49. The molecule has 2 aromatic carbocycles. The molecule has 4 atom stereocenters. The quantitative estimate of drug-likeness (QED) is 0.236. The lowest BCUT2D eigenvalue weighted by atomic mass is 9.95. The number of fused-ring (bicyclic) bond motifs is 3. The van der Waals surface area contributed by atoms with Gasteiger partial charge in [0.2, 0.25) is 5.91 Å². The van der Waals surface area contributed by atoms with Gasteiger partial charge in [-0.05, 0) is 50.2 Å². The third-order valence-corrected chi connectivity index (χ3v) is 11.1. The first-order valence-corrected chi connectivity index (χ1v) is 17.3. The van der Waals surface area contributed by atoms with Gasteiger partial charge in [0.15, 0.2) is 5.82 Å². The predicted octanol–water partition coefficient (Wildman–Crippen LogP) is 5.69. The van der Waals surface area contributed by atoms with Crippen LogP contribution in [0.25, 0.3) is 32.9 Å². The van der Waals surface area contributed by atoms with Crippen molar-refractivity contribution in [1.29, 1.82) is 0 Å². The number of ether oxygens (including phenoxy) is 1. The van der Waals surface area contributed by atoms with Crippen molar-refractivity contribution in [3.8, 4) is 17.3 Å².